The largest absolute Gasteiger partial charge is 0.481 e. The van der Waals surface area contributed by atoms with Crippen LogP contribution in [-0.2, 0) is 20.7 Å². The van der Waals surface area contributed by atoms with E-state index in [1.54, 1.807) is 0 Å². The molecule has 3 N–H and O–H groups in total. The zero-order valence-electron chi connectivity index (χ0n) is 21.2. The number of aliphatic carboxylic acids is 1. The van der Waals surface area contributed by atoms with Crippen molar-refractivity contribution in [2.45, 2.75) is 69.8 Å². The van der Waals surface area contributed by atoms with Gasteiger partial charge in [0.25, 0.3) is 5.97 Å². The zero-order valence-corrected chi connectivity index (χ0v) is 21.9. The summed E-state index contributed by atoms with van der Waals surface area (Å²) in [6.45, 7) is 3.24. The first-order valence-electron chi connectivity index (χ1n) is 12.5. The quantitative estimate of drug-likeness (QED) is 0.547. The number of likely N-dealkylation sites (tertiary alicyclic amines) is 1. The average Bonchev–Trinajstić information content (AvgIpc) is 3.30. The monoisotopic (exact) mass is 559 g/mol. The summed E-state index contributed by atoms with van der Waals surface area (Å²) in [7, 11) is 0. The first-order chi connectivity index (χ1) is 17.9. The van der Waals surface area contributed by atoms with Gasteiger partial charge in [-0.25, -0.2) is 0 Å². The van der Waals surface area contributed by atoms with Crippen LogP contribution in [0.5, 0.6) is 0 Å². The number of amidine groups is 2. The topological polar surface area (TPSA) is 121 Å². The predicted molar refractivity (Wildman–Crippen MR) is 137 cm³/mol. The maximum absolute atomic E-state index is 12.6. The van der Waals surface area contributed by atoms with Crippen LogP contribution in [0.2, 0.25) is 5.02 Å². The fraction of sp³-hybridized carbons (Fsp3) is 0.600. The standard InChI is InChI=1S/C23H29ClF3N5O2.C2H4O2/c24-16-3-1-15(2-4-16)11-18-14-34-20(19(33)5-8-23(25,26)27)13-32(18)17-6-9-31(10-7-17)22-12-21(28)29-30-22;1-2(3)4/h1-4,17-18,20H,5-14H2,(H2,28,29);1H3,(H,3,4)/t18-,20+;/m0./s1. The molecule has 2 fully saturated rings. The van der Waals surface area contributed by atoms with Crippen molar-refractivity contribution in [1.82, 2.24) is 9.80 Å². The Morgan fingerprint density at radius 2 is 1.82 bits per heavy atom. The number of halogens is 4. The molecule has 0 unspecified atom stereocenters. The molecular weight excluding hydrogens is 527 g/mol. The number of piperidine rings is 1. The molecule has 0 spiro atoms. The van der Waals surface area contributed by atoms with E-state index in [1.165, 1.54) is 0 Å². The lowest BCUT2D eigenvalue weighted by Crippen LogP contribution is -2.58. The third kappa shape index (κ3) is 9.25. The highest BCUT2D eigenvalue weighted by Crippen LogP contribution is 2.28. The molecule has 4 rings (SSSR count). The Labute approximate surface area is 224 Å². The lowest BCUT2D eigenvalue weighted by Gasteiger charge is -2.46. The number of alkyl halides is 3. The number of benzene rings is 1. The summed E-state index contributed by atoms with van der Waals surface area (Å²) in [5.41, 5.74) is 6.84. The molecule has 0 radical (unpaired) electrons. The second kappa shape index (κ2) is 13.4. The maximum atomic E-state index is 12.6. The van der Waals surface area contributed by atoms with Gasteiger partial charge in [0, 0.05) is 50.1 Å². The van der Waals surface area contributed by atoms with Crippen molar-refractivity contribution < 1.29 is 32.6 Å². The molecule has 3 heterocycles. The molecule has 0 aliphatic carbocycles. The molecule has 0 aromatic heterocycles. The van der Waals surface area contributed by atoms with Crippen molar-refractivity contribution in [3.63, 3.8) is 0 Å². The van der Waals surface area contributed by atoms with Gasteiger partial charge < -0.3 is 20.5 Å². The molecule has 0 bridgehead atoms. The normalized spacial score (nSPS) is 22.8. The molecule has 2 saturated heterocycles. The first-order valence-corrected chi connectivity index (χ1v) is 12.8. The molecule has 3 aliphatic rings. The summed E-state index contributed by atoms with van der Waals surface area (Å²) >= 11 is 6.01. The fourth-order valence-electron chi connectivity index (χ4n) is 4.84. The number of rotatable bonds is 6. The lowest BCUT2D eigenvalue weighted by molar-refractivity contribution is -0.155. The third-order valence-corrected chi connectivity index (χ3v) is 6.92. The van der Waals surface area contributed by atoms with Gasteiger partial charge >= 0.3 is 6.18 Å². The first kappa shape index (κ1) is 29.9. The summed E-state index contributed by atoms with van der Waals surface area (Å²) < 4.78 is 43.7. The van der Waals surface area contributed by atoms with Gasteiger partial charge in [0.15, 0.2) is 5.78 Å². The number of morpholine rings is 1. The zero-order chi connectivity index (χ0) is 27.9. The molecular formula is C25H33ClF3N5O4. The Bertz CT molecular complexity index is 1020. The van der Waals surface area contributed by atoms with Crippen molar-refractivity contribution in [2.24, 2.45) is 15.9 Å². The number of nitrogens with zero attached hydrogens (tertiary/aromatic N) is 4. The number of ketones is 1. The molecule has 1 aromatic carbocycles. The van der Waals surface area contributed by atoms with Crippen molar-refractivity contribution >= 4 is 35.0 Å². The molecule has 0 saturated carbocycles. The summed E-state index contributed by atoms with van der Waals surface area (Å²) in [4.78, 5) is 26.0. The van der Waals surface area contributed by atoms with Crippen LogP contribution in [0.1, 0.15) is 44.6 Å². The molecule has 13 heteroatoms. The number of carboxylic acids is 1. The van der Waals surface area contributed by atoms with Crippen LogP contribution in [0.4, 0.5) is 13.2 Å². The summed E-state index contributed by atoms with van der Waals surface area (Å²) in [6, 6.07) is 7.81. The van der Waals surface area contributed by atoms with Crippen LogP contribution >= 0.6 is 11.6 Å². The van der Waals surface area contributed by atoms with Gasteiger partial charge in [-0.1, -0.05) is 23.7 Å². The number of ether oxygens (including phenoxy) is 1. The summed E-state index contributed by atoms with van der Waals surface area (Å²) in [6.07, 6.45) is -3.91. The lowest BCUT2D eigenvalue weighted by atomic mass is 9.95. The second-order valence-electron chi connectivity index (χ2n) is 9.61. The Morgan fingerprint density at radius 1 is 1.18 bits per heavy atom. The predicted octanol–water partition coefficient (Wildman–Crippen LogP) is 3.49. The number of Topliss-reactive ketones (excluding diaryl/α,β-unsaturated/α-hetero) is 1. The Morgan fingerprint density at radius 3 is 2.37 bits per heavy atom. The highest BCUT2D eigenvalue weighted by molar-refractivity contribution is 6.30. The van der Waals surface area contributed by atoms with Gasteiger partial charge in [-0.3, -0.25) is 14.5 Å². The minimum atomic E-state index is -4.36. The van der Waals surface area contributed by atoms with Crippen LogP contribution < -0.4 is 5.73 Å². The molecule has 3 aliphatic heterocycles. The number of carbonyl (C=O) groups excluding carboxylic acids is 1. The number of nitrogens with two attached hydrogens (primary N) is 1. The van der Waals surface area contributed by atoms with Crippen molar-refractivity contribution in [3.05, 3.63) is 34.9 Å². The highest BCUT2D eigenvalue weighted by Gasteiger charge is 2.39. The Balaban J connectivity index is 0.000000934. The van der Waals surface area contributed by atoms with Crippen molar-refractivity contribution in [1.29, 1.82) is 0 Å². The van der Waals surface area contributed by atoms with Gasteiger partial charge in [-0.2, -0.15) is 13.2 Å². The number of hydrogen-bond donors (Lipinski definition) is 2. The maximum Gasteiger partial charge on any atom is 0.389 e. The van der Waals surface area contributed by atoms with E-state index in [2.05, 4.69) is 20.0 Å². The van der Waals surface area contributed by atoms with E-state index in [1.807, 2.05) is 24.3 Å². The van der Waals surface area contributed by atoms with Gasteiger partial charge in [-0.05, 0) is 37.0 Å². The van der Waals surface area contributed by atoms with E-state index >= 15 is 0 Å². The van der Waals surface area contributed by atoms with Gasteiger partial charge in [0.1, 0.15) is 17.8 Å². The second-order valence-corrected chi connectivity index (χ2v) is 10.0. The smallest absolute Gasteiger partial charge is 0.389 e. The van der Waals surface area contributed by atoms with Gasteiger partial charge in [0.05, 0.1) is 19.4 Å². The van der Waals surface area contributed by atoms with E-state index in [9.17, 15) is 18.0 Å². The van der Waals surface area contributed by atoms with Crippen molar-refractivity contribution in [3.8, 4) is 0 Å². The molecule has 0 amide bonds. The molecule has 210 valence electrons. The Hall–Kier alpha value is -2.70. The molecule has 38 heavy (non-hydrogen) atoms. The van der Waals surface area contributed by atoms with E-state index in [4.69, 9.17) is 32.0 Å². The van der Waals surface area contributed by atoms with E-state index < -0.39 is 36.9 Å². The summed E-state index contributed by atoms with van der Waals surface area (Å²) in [5.74, 6) is 0.0574. The average molecular weight is 560 g/mol. The number of carboxylic acid groups (broad SMARTS) is 1. The van der Waals surface area contributed by atoms with Gasteiger partial charge in [-0.15, -0.1) is 10.2 Å². The fourth-order valence-corrected chi connectivity index (χ4v) is 4.96. The van der Waals surface area contributed by atoms with Crippen LogP contribution in [-0.4, -0.2) is 88.9 Å². The highest BCUT2D eigenvalue weighted by atomic mass is 35.5. The van der Waals surface area contributed by atoms with Gasteiger partial charge in [0.2, 0.25) is 0 Å². The third-order valence-electron chi connectivity index (χ3n) is 6.67. The SMILES string of the molecule is CC(=O)O.NC1=NN=C(N2CCC(N3C[C@H](C(=O)CCC(F)(F)F)OC[C@@H]3Cc3ccc(Cl)cc3)CC2)C1. The van der Waals surface area contributed by atoms with E-state index in [-0.39, 0.29) is 12.1 Å². The Kier molecular flexibility index (Phi) is 10.5. The summed E-state index contributed by atoms with van der Waals surface area (Å²) in [5, 5.41) is 16.1. The van der Waals surface area contributed by atoms with Crippen LogP contribution in [0.3, 0.4) is 0 Å². The molecule has 9 nitrogen and oxygen atoms in total. The minimum Gasteiger partial charge on any atom is -0.481 e. The molecule has 2 atom stereocenters. The minimum absolute atomic E-state index is 0.0205. The van der Waals surface area contributed by atoms with E-state index in [0.29, 0.717) is 36.9 Å². The number of hydrogen-bond acceptors (Lipinski definition) is 8. The van der Waals surface area contributed by atoms with Crippen LogP contribution in [0.25, 0.3) is 0 Å². The molecule has 1 aromatic rings. The number of carbonyl (C=O) groups is 2. The van der Waals surface area contributed by atoms with E-state index in [0.717, 1.165) is 44.3 Å². The van der Waals surface area contributed by atoms with Crippen LogP contribution in [0, 0.1) is 0 Å². The van der Waals surface area contributed by atoms with Crippen molar-refractivity contribution in [2.75, 3.05) is 26.2 Å². The van der Waals surface area contributed by atoms with Crippen LogP contribution in [0.15, 0.2) is 34.5 Å².